The molecule has 2 unspecified atom stereocenters. The van der Waals surface area contributed by atoms with Crippen molar-refractivity contribution in [2.75, 3.05) is 13.2 Å². The normalized spacial score (nSPS) is 33.6. The van der Waals surface area contributed by atoms with Crippen LogP contribution >= 0.6 is 10.7 Å². The van der Waals surface area contributed by atoms with E-state index in [9.17, 15) is 8.42 Å². The molecule has 0 radical (unpaired) electrons. The van der Waals surface area contributed by atoms with Crippen LogP contribution in [-0.4, -0.2) is 26.9 Å². The zero-order valence-corrected chi connectivity index (χ0v) is 7.86. The van der Waals surface area contributed by atoms with Crippen molar-refractivity contribution in [3.8, 4) is 0 Å². The van der Waals surface area contributed by atoms with E-state index >= 15 is 0 Å². The Morgan fingerprint density at radius 2 is 2.18 bits per heavy atom. The number of ether oxygens (including phenoxy) is 1. The summed E-state index contributed by atoms with van der Waals surface area (Å²) in [5.41, 5.74) is 0. The van der Waals surface area contributed by atoms with Gasteiger partial charge in [0, 0.05) is 17.3 Å². The first-order chi connectivity index (χ1) is 5.02. The van der Waals surface area contributed by atoms with E-state index < -0.39 is 14.3 Å². The lowest BCUT2D eigenvalue weighted by molar-refractivity contribution is 0.0641. The fourth-order valence-corrected chi connectivity index (χ4v) is 3.08. The maximum Gasteiger partial charge on any atom is 0.235 e. The Hall–Kier alpha value is 0.200. The molecule has 1 heterocycles. The first-order valence-corrected chi connectivity index (χ1v) is 5.90. The molecule has 3 nitrogen and oxygen atoms in total. The molecule has 0 bridgehead atoms. The summed E-state index contributed by atoms with van der Waals surface area (Å²) in [7, 11) is 1.84. The van der Waals surface area contributed by atoms with Crippen LogP contribution in [0.15, 0.2) is 0 Å². The van der Waals surface area contributed by atoms with E-state index in [2.05, 4.69) is 0 Å². The van der Waals surface area contributed by atoms with Crippen LogP contribution in [0.2, 0.25) is 0 Å². The molecule has 5 heteroatoms. The lowest BCUT2D eigenvalue weighted by Crippen LogP contribution is -2.33. The standard InChI is InChI=1S/C6H11ClO3S/c1-5-4-10-3-2-6(5)11(7,8)9/h5-6H,2-4H2,1H3. The highest BCUT2D eigenvalue weighted by atomic mass is 35.7. The van der Waals surface area contributed by atoms with Gasteiger partial charge >= 0.3 is 0 Å². The van der Waals surface area contributed by atoms with Crippen LogP contribution in [0.1, 0.15) is 13.3 Å². The molecule has 66 valence electrons. The molecule has 0 saturated carbocycles. The predicted octanol–water partition coefficient (Wildman–Crippen LogP) is 0.980. The van der Waals surface area contributed by atoms with E-state index in [1.165, 1.54) is 0 Å². The second-order valence-electron chi connectivity index (χ2n) is 2.85. The number of hydrogen-bond acceptors (Lipinski definition) is 3. The molecule has 2 atom stereocenters. The zero-order valence-electron chi connectivity index (χ0n) is 6.29. The molecule has 0 N–H and O–H groups in total. The maximum atomic E-state index is 10.9. The summed E-state index contributed by atoms with van der Waals surface area (Å²) >= 11 is 0. The van der Waals surface area contributed by atoms with Gasteiger partial charge in [-0.05, 0) is 12.3 Å². The van der Waals surface area contributed by atoms with Crippen LogP contribution in [0.25, 0.3) is 0 Å². The van der Waals surface area contributed by atoms with Gasteiger partial charge in [0.1, 0.15) is 0 Å². The van der Waals surface area contributed by atoms with E-state index in [1.54, 1.807) is 0 Å². The Morgan fingerprint density at radius 1 is 1.55 bits per heavy atom. The Labute approximate surface area is 71.1 Å². The Balaban J connectivity index is 2.70. The maximum absolute atomic E-state index is 10.9. The zero-order chi connectivity index (χ0) is 8.48. The second-order valence-corrected chi connectivity index (χ2v) is 5.70. The van der Waals surface area contributed by atoms with Gasteiger partial charge in [0.2, 0.25) is 9.05 Å². The van der Waals surface area contributed by atoms with Gasteiger partial charge in [-0.3, -0.25) is 0 Å². The van der Waals surface area contributed by atoms with Gasteiger partial charge in [0.15, 0.2) is 0 Å². The molecule has 1 aliphatic rings. The first-order valence-electron chi connectivity index (χ1n) is 3.53. The summed E-state index contributed by atoms with van der Waals surface area (Å²) in [5, 5.41) is -0.419. The van der Waals surface area contributed by atoms with E-state index in [-0.39, 0.29) is 5.92 Å². The Morgan fingerprint density at radius 3 is 2.55 bits per heavy atom. The van der Waals surface area contributed by atoms with Gasteiger partial charge in [-0.1, -0.05) is 6.92 Å². The fraction of sp³-hybridized carbons (Fsp3) is 1.00. The van der Waals surface area contributed by atoms with Gasteiger partial charge in [0.05, 0.1) is 11.9 Å². The van der Waals surface area contributed by atoms with Crippen LogP contribution in [0, 0.1) is 5.92 Å². The van der Waals surface area contributed by atoms with Crippen LogP contribution in [0.3, 0.4) is 0 Å². The number of hydrogen-bond donors (Lipinski definition) is 0. The van der Waals surface area contributed by atoms with E-state index in [0.29, 0.717) is 19.6 Å². The summed E-state index contributed by atoms with van der Waals surface area (Å²) in [6.45, 7) is 2.83. The van der Waals surface area contributed by atoms with Crippen LogP contribution < -0.4 is 0 Å². The fourth-order valence-electron chi connectivity index (χ4n) is 1.28. The van der Waals surface area contributed by atoms with Crippen molar-refractivity contribution in [3.05, 3.63) is 0 Å². The van der Waals surface area contributed by atoms with Gasteiger partial charge in [-0.25, -0.2) is 8.42 Å². The average Bonchev–Trinajstić information content (AvgIpc) is 1.86. The van der Waals surface area contributed by atoms with Gasteiger partial charge in [-0.2, -0.15) is 0 Å². The quantitative estimate of drug-likeness (QED) is 0.590. The van der Waals surface area contributed by atoms with E-state index in [1.807, 2.05) is 6.92 Å². The number of halogens is 1. The summed E-state index contributed by atoms with van der Waals surface area (Å²) in [6.07, 6.45) is 0.521. The van der Waals surface area contributed by atoms with Crippen molar-refractivity contribution in [1.82, 2.24) is 0 Å². The molecule has 1 aliphatic heterocycles. The first kappa shape index (κ1) is 9.29. The lowest BCUT2D eigenvalue weighted by Gasteiger charge is -2.25. The largest absolute Gasteiger partial charge is 0.381 e. The van der Waals surface area contributed by atoms with Crippen molar-refractivity contribution >= 4 is 19.7 Å². The SMILES string of the molecule is CC1COCCC1S(=O)(=O)Cl. The molecule has 0 aromatic heterocycles. The molecular formula is C6H11ClO3S. The molecule has 11 heavy (non-hydrogen) atoms. The minimum absolute atomic E-state index is 0.0197. The summed E-state index contributed by atoms with van der Waals surface area (Å²) < 4.78 is 26.9. The minimum atomic E-state index is -3.38. The minimum Gasteiger partial charge on any atom is -0.381 e. The van der Waals surface area contributed by atoms with Crippen LogP contribution in [0.4, 0.5) is 0 Å². The molecule has 0 aromatic rings. The third-order valence-corrected chi connectivity index (χ3v) is 4.03. The molecular weight excluding hydrogens is 188 g/mol. The molecule has 0 aliphatic carbocycles. The molecule has 1 saturated heterocycles. The van der Waals surface area contributed by atoms with E-state index in [0.717, 1.165) is 0 Å². The topological polar surface area (TPSA) is 43.4 Å². The molecule has 0 aromatic carbocycles. The van der Waals surface area contributed by atoms with Gasteiger partial charge < -0.3 is 4.74 Å². The summed E-state index contributed by atoms with van der Waals surface area (Å²) in [5.74, 6) is 0.0197. The average molecular weight is 199 g/mol. The molecule has 1 fully saturated rings. The predicted molar refractivity (Wildman–Crippen MR) is 43.2 cm³/mol. The highest BCUT2D eigenvalue weighted by Gasteiger charge is 2.31. The third-order valence-electron chi connectivity index (χ3n) is 1.92. The summed E-state index contributed by atoms with van der Waals surface area (Å²) in [6, 6.07) is 0. The van der Waals surface area contributed by atoms with Gasteiger partial charge in [0.25, 0.3) is 0 Å². The van der Waals surface area contributed by atoms with Crippen molar-refractivity contribution < 1.29 is 13.2 Å². The van der Waals surface area contributed by atoms with Crippen molar-refractivity contribution in [2.24, 2.45) is 5.92 Å². The van der Waals surface area contributed by atoms with Crippen LogP contribution in [0.5, 0.6) is 0 Å². The van der Waals surface area contributed by atoms with Gasteiger partial charge in [-0.15, -0.1) is 0 Å². The lowest BCUT2D eigenvalue weighted by atomic mass is 10.0. The Bertz CT molecular complexity index is 224. The highest BCUT2D eigenvalue weighted by molar-refractivity contribution is 8.14. The van der Waals surface area contributed by atoms with Crippen molar-refractivity contribution in [3.63, 3.8) is 0 Å². The van der Waals surface area contributed by atoms with Crippen molar-refractivity contribution in [2.45, 2.75) is 18.6 Å². The molecule has 0 amide bonds. The Kier molecular flexibility index (Phi) is 2.78. The monoisotopic (exact) mass is 198 g/mol. The molecule has 1 rings (SSSR count). The van der Waals surface area contributed by atoms with Crippen LogP contribution in [-0.2, 0) is 13.8 Å². The highest BCUT2D eigenvalue weighted by Crippen LogP contribution is 2.23. The van der Waals surface area contributed by atoms with E-state index in [4.69, 9.17) is 15.4 Å². The molecule has 0 spiro atoms. The summed E-state index contributed by atoms with van der Waals surface area (Å²) in [4.78, 5) is 0. The second kappa shape index (κ2) is 3.29. The smallest absolute Gasteiger partial charge is 0.235 e. The number of rotatable bonds is 1. The van der Waals surface area contributed by atoms with Crippen molar-refractivity contribution in [1.29, 1.82) is 0 Å². The third kappa shape index (κ3) is 2.32.